The number of aliphatic imine (C=N–C) groups is 1. The molecule has 0 spiro atoms. The smallest absolute Gasteiger partial charge is 0.239 e. The Kier molecular flexibility index (Phi) is 12.0. The van der Waals surface area contributed by atoms with Crippen molar-refractivity contribution in [3.8, 4) is 0 Å². The third-order valence-electron chi connectivity index (χ3n) is 3.81. The minimum Gasteiger partial charge on any atom is -0.467 e. The van der Waals surface area contributed by atoms with Crippen LogP contribution in [0, 0.1) is 5.92 Å². The van der Waals surface area contributed by atoms with Gasteiger partial charge in [0.25, 0.3) is 0 Å². The summed E-state index contributed by atoms with van der Waals surface area (Å²) in [6.07, 6.45) is 1.58. The van der Waals surface area contributed by atoms with Gasteiger partial charge in [-0.15, -0.1) is 24.0 Å². The molecule has 0 aliphatic heterocycles. The van der Waals surface area contributed by atoms with Gasteiger partial charge >= 0.3 is 0 Å². The number of guanidine groups is 1. The van der Waals surface area contributed by atoms with Crippen molar-refractivity contribution in [1.82, 2.24) is 16.0 Å². The number of ether oxygens (including phenoxy) is 1. The summed E-state index contributed by atoms with van der Waals surface area (Å²) >= 11 is 0. The lowest BCUT2D eigenvalue weighted by atomic mass is 10.2. The van der Waals surface area contributed by atoms with Gasteiger partial charge in [-0.05, 0) is 23.6 Å². The molecule has 0 aliphatic carbocycles. The SMILES string of the molecule is CN=C(NCC(=O)NCc1ccco1)NCC(C)COCc1ccccc1.I. The molecule has 28 heavy (non-hydrogen) atoms. The number of hydrogen-bond donors (Lipinski definition) is 3. The van der Waals surface area contributed by atoms with Gasteiger partial charge in [-0.3, -0.25) is 9.79 Å². The van der Waals surface area contributed by atoms with Crippen molar-refractivity contribution in [3.05, 3.63) is 60.1 Å². The lowest BCUT2D eigenvalue weighted by Gasteiger charge is -2.16. The second-order valence-corrected chi connectivity index (χ2v) is 6.27. The monoisotopic (exact) mass is 500 g/mol. The summed E-state index contributed by atoms with van der Waals surface area (Å²) < 4.78 is 10.9. The van der Waals surface area contributed by atoms with E-state index in [0.717, 1.165) is 11.3 Å². The number of halogens is 1. The van der Waals surface area contributed by atoms with Crippen LogP contribution in [-0.4, -0.2) is 38.6 Å². The van der Waals surface area contributed by atoms with Crippen LogP contribution in [0.3, 0.4) is 0 Å². The minimum atomic E-state index is -0.131. The van der Waals surface area contributed by atoms with E-state index in [0.29, 0.717) is 38.2 Å². The van der Waals surface area contributed by atoms with Gasteiger partial charge in [0, 0.05) is 13.6 Å². The topological polar surface area (TPSA) is 87.9 Å². The third-order valence-corrected chi connectivity index (χ3v) is 3.81. The van der Waals surface area contributed by atoms with Crippen LogP contribution in [0.4, 0.5) is 0 Å². The van der Waals surface area contributed by atoms with Crippen molar-refractivity contribution in [2.75, 3.05) is 26.7 Å². The molecule has 8 heteroatoms. The standard InChI is InChI=1S/C20H28N4O3.HI/c1-16(14-26-15-17-7-4-3-5-8-17)11-23-20(21-2)24-13-19(25)22-12-18-9-6-10-27-18;/h3-10,16H,11-15H2,1-2H3,(H,22,25)(H2,21,23,24);1H. The van der Waals surface area contributed by atoms with E-state index in [1.807, 2.05) is 36.4 Å². The first-order chi connectivity index (χ1) is 13.2. The molecular weight excluding hydrogens is 471 g/mol. The molecule has 2 rings (SSSR count). The van der Waals surface area contributed by atoms with E-state index in [4.69, 9.17) is 9.15 Å². The zero-order valence-corrected chi connectivity index (χ0v) is 18.6. The number of carbonyl (C=O) groups is 1. The molecule has 7 nitrogen and oxygen atoms in total. The Balaban J connectivity index is 0.00000392. The third kappa shape index (κ3) is 9.75. The molecule has 0 fully saturated rings. The predicted molar refractivity (Wildman–Crippen MR) is 121 cm³/mol. The lowest BCUT2D eigenvalue weighted by Crippen LogP contribution is -2.44. The molecule has 0 saturated heterocycles. The number of carbonyl (C=O) groups excluding carboxylic acids is 1. The first-order valence-corrected chi connectivity index (χ1v) is 9.02. The first kappa shape index (κ1) is 24.0. The van der Waals surface area contributed by atoms with Gasteiger partial charge in [0.1, 0.15) is 5.76 Å². The Hall–Kier alpha value is -2.07. The van der Waals surface area contributed by atoms with Crippen LogP contribution in [0.1, 0.15) is 18.2 Å². The van der Waals surface area contributed by atoms with Gasteiger partial charge in [0.2, 0.25) is 5.91 Å². The molecule has 2 aromatic rings. The fourth-order valence-electron chi connectivity index (χ4n) is 2.33. The Morgan fingerprint density at radius 2 is 1.93 bits per heavy atom. The Labute approximate surface area is 183 Å². The summed E-state index contributed by atoms with van der Waals surface area (Å²) in [7, 11) is 1.67. The molecule has 1 unspecified atom stereocenters. The number of amides is 1. The molecule has 1 aromatic heterocycles. The Morgan fingerprint density at radius 3 is 2.61 bits per heavy atom. The molecule has 154 valence electrons. The van der Waals surface area contributed by atoms with Gasteiger partial charge < -0.3 is 25.1 Å². The molecule has 0 aliphatic rings. The number of furan rings is 1. The normalized spacial score (nSPS) is 12.0. The van der Waals surface area contributed by atoms with E-state index in [2.05, 4.69) is 27.9 Å². The van der Waals surface area contributed by atoms with Crippen LogP contribution < -0.4 is 16.0 Å². The highest BCUT2D eigenvalue weighted by Crippen LogP contribution is 2.03. The average molecular weight is 500 g/mol. The van der Waals surface area contributed by atoms with E-state index in [9.17, 15) is 4.79 Å². The summed E-state index contributed by atoms with van der Waals surface area (Å²) in [5.74, 6) is 1.47. The van der Waals surface area contributed by atoms with Crippen LogP contribution in [0.2, 0.25) is 0 Å². The molecule has 1 aromatic carbocycles. The zero-order valence-electron chi connectivity index (χ0n) is 16.3. The van der Waals surface area contributed by atoms with E-state index in [-0.39, 0.29) is 36.4 Å². The number of benzene rings is 1. The van der Waals surface area contributed by atoms with Crippen molar-refractivity contribution in [2.45, 2.75) is 20.1 Å². The van der Waals surface area contributed by atoms with E-state index < -0.39 is 0 Å². The van der Waals surface area contributed by atoms with Crippen LogP contribution in [-0.2, 0) is 22.7 Å². The van der Waals surface area contributed by atoms with Gasteiger partial charge in [0.15, 0.2) is 5.96 Å². The number of hydrogen-bond acceptors (Lipinski definition) is 4. The molecular formula is C20H29IN4O3. The summed E-state index contributed by atoms with van der Waals surface area (Å²) in [6, 6.07) is 13.7. The molecule has 0 saturated carbocycles. The van der Waals surface area contributed by atoms with Crippen molar-refractivity contribution < 1.29 is 13.9 Å². The van der Waals surface area contributed by atoms with Crippen molar-refractivity contribution in [3.63, 3.8) is 0 Å². The number of rotatable bonds is 10. The quantitative estimate of drug-likeness (QED) is 0.265. The zero-order chi connectivity index (χ0) is 19.3. The Bertz CT molecular complexity index is 693. The second-order valence-electron chi connectivity index (χ2n) is 6.27. The van der Waals surface area contributed by atoms with Gasteiger partial charge in [0.05, 0.1) is 32.6 Å². The molecule has 1 heterocycles. The molecule has 0 bridgehead atoms. The van der Waals surface area contributed by atoms with E-state index >= 15 is 0 Å². The summed E-state index contributed by atoms with van der Waals surface area (Å²) in [4.78, 5) is 16.0. The number of nitrogens with zero attached hydrogens (tertiary/aromatic N) is 1. The van der Waals surface area contributed by atoms with E-state index in [1.165, 1.54) is 0 Å². The van der Waals surface area contributed by atoms with Gasteiger partial charge in [-0.2, -0.15) is 0 Å². The number of nitrogens with one attached hydrogen (secondary N) is 3. The fourth-order valence-corrected chi connectivity index (χ4v) is 2.33. The van der Waals surface area contributed by atoms with Crippen LogP contribution in [0.25, 0.3) is 0 Å². The predicted octanol–water partition coefficient (Wildman–Crippen LogP) is 2.53. The summed E-state index contributed by atoms with van der Waals surface area (Å²) in [5, 5.41) is 8.97. The first-order valence-electron chi connectivity index (χ1n) is 9.02. The molecule has 0 radical (unpaired) electrons. The maximum absolute atomic E-state index is 11.9. The van der Waals surface area contributed by atoms with Crippen LogP contribution in [0.5, 0.6) is 0 Å². The largest absolute Gasteiger partial charge is 0.467 e. The van der Waals surface area contributed by atoms with Crippen LogP contribution >= 0.6 is 24.0 Å². The summed E-state index contributed by atoms with van der Waals surface area (Å²) in [5.41, 5.74) is 1.16. The highest BCUT2D eigenvalue weighted by Gasteiger charge is 2.07. The minimum absolute atomic E-state index is 0. The molecule has 1 amide bonds. The van der Waals surface area contributed by atoms with Crippen LogP contribution in [0.15, 0.2) is 58.1 Å². The average Bonchev–Trinajstić information content (AvgIpc) is 3.21. The fraction of sp³-hybridized carbons (Fsp3) is 0.400. The second kappa shape index (κ2) is 14.0. The van der Waals surface area contributed by atoms with Gasteiger partial charge in [-0.1, -0.05) is 37.3 Å². The molecule has 3 N–H and O–H groups in total. The maximum atomic E-state index is 11.9. The van der Waals surface area contributed by atoms with Crippen molar-refractivity contribution >= 4 is 35.8 Å². The van der Waals surface area contributed by atoms with Gasteiger partial charge in [-0.25, -0.2) is 0 Å². The maximum Gasteiger partial charge on any atom is 0.239 e. The Morgan fingerprint density at radius 1 is 1.14 bits per heavy atom. The van der Waals surface area contributed by atoms with Crippen molar-refractivity contribution in [2.24, 2.45) is 10.9 Å². The molecule has 1 atom stereocenters. The van der Waals surface area contributed by atoms with Crippen molar-refractivity contribution in [1.29, 1.82) is 0 Å². The highest BCUT2D eigenvalue weighted by molar-refractivity contribution is 14.0. The lowest BCUT2D eigenvalue weighted by molar-refractivity contribution is -0.120. The summed E-state index contributed by atoms with van der Waals surface area (Å²) in [6.45, 7) is 4.55. The highest BCUT2D eigenvalue weighted by atomic mass is 127. The van der Waals surface area contributed by atoms with E-state index in [1.54, 1.807) is 19.4 Å².